The fourth-order valence-corrected chi connectivity index (χ4v) is 2.08. The molecule has 0 aromatic rings. The fourth-order valence-electron chi connectivity index (χ4n) is 1.75. The zero-order valence-electron chi connectivity index (χ0n) is 13.4. The molecule has 0 atom stereocenters. The summed E-state index contributed by atoms with van der Waals surface area (Å²) in [6, 6.07) is 0. The van der Waals surface area contributed by atoms with Crippen molar-refractivity contribution in [1.82, 2.24) is 6.15 Å². The van der Waals surface area contributed by atoms with Crippen LogP contribution in [0, 0.1) is 0 Å². The van der Waals surface area contributed by atoms with Crippen molar-refractivity contribution in [3.8, 4) is 0 Å². The van der Waals surface area contributed by atoms with Gasteiger partial charge in [0.2, 0.25) is 0 Å². The molecule has 0 bridgehead atoms. The number of hydrogen-bond acceptors (Lipinski definition) is 5. The molecule has 8 nitrogen and oxygen atoms in total. The van der Waals surface area contributed by atoms with Crippen molar-refractivity contribution < 1.29 is 32.2 Å². The van der Waals surface area contributed by atoms with Crippen LogP contribution >= 0.6 is 0 Å². The van der Waals surface area contributed by atoms with Gasteiger partial charge in [0.1, 0.15) is 0 Å². The summed E-state index contributed by atoms with van der Waals surface area (Å²) in [5.74, 6) is 0. The maximum atomic E-state index is 10.2. The molecule has 6 N–H and O–H groups in total. The Morgan fingerprint density at radius 3 is 1.48 bits per heavy atom. The predicted molar refractivity (Wildman–Crippen MR) is 92.2 cm³/mol. The summed E-state index contributed by atoms with van der Waals surface area (Å²) >= 11 is 0. The summed E-state index contributed by atoms with van der Waals surface area (Å²) in [4.78, 5) is 8.56. The molecule has 0 radical (unpaired) electrons. The topological polar surface area (TPSA) is 156 Å². The van der Waals surface area contributed by atoms with Crippen LogP contribution in [0.15, 0.2) is 0 Å². The third kappa shape index (κ3) is 44.9. The van der Waals surface area contributed by atoms with Gasteiger partial charge in [-0.2, -0.15) is 8.42 Å². The summed E-state index contributed by atoms with van der Waals surface area (Å²) < 4.78 is 33.0. The van der Waals surface area contributed by atoms with Gasteiger partial charge in [-0.3, -0.25) is 4.55 Å². The first-order chi connectivity index (χ1) is 9.79. The molecule has 0 heterocycles. The summed E-state index contributed by atoms with van der Waals surface area (Å²) in [6.45, 7) is 2.31. The summed E-state index contributed by atoms with van der Waals surface area (Å²) in [6.07, 6.45) is 10.0. The standard InChI is InChI=1S/C12H26O4S.CH2O3.H3N.Na.H/c1-2-3-4-5-6-7-8-9-10-11-12-16-17(13,14)15;2-1(3)4;;;/h2-12H2,1H3,(H,13,14,15);(H2,2,3,4);1H3;;. The van der Waals surface area contributed by atoms with Crippen molar-refractivity contribution in [3.63, 3.8) is 0 Å². The van der Waals surface area contributed by atoms with Crippen molar-refractivity contribution in [1.29, 1.82) is 0 Å². The number of carboxylic acid groups (broad SMARTS) is 2. The van der Waals surface area contributed by atoms with Crippen molar-refractivity contribution in [2.75, 3.05) is 6.61 Å². The molecule has 0 saturated heterocycles. The SMILES string of the molecule is CCCCCCCCCCCCOS(=O)(=O)O.N.O=C(O)O.[NaH]. The van der Waals surface area contributed by atoms with Gasteiger partial charge in [0, 0.05) is 0 Å². The Labute approximate surface area is 161 Å². The van der Waals surface area contributed by atoms with Crippen molar-refractivity contribution in [2.24, 2.45) is 0 Å². The van der Waals surface area contributed by atoms with Crippen LogP contribution in [0.4, 0.5) is 4.79 Å². The average Bonchev–Trinajstić information content (AvgIpc) is 2.34. The second kappa shape index (κ2) is 22.1. The molecule has 0 rings (SSSR count). The van der Waals surface area contributed by atoms with E-state index < -0.39 is 16.6 Å². The second-order valence-electron chi connectivity index (χ2n) is 4.71. The molecule has 23 heavy (non-hydrogen) atoms. The van der Waals surface area contributed by atoms with E-state index in [0.717, 1.165) is 12.8 Å². The number of hydrogen-bond donors (Lipinski definition) is 4. The Bertz CT molecular complexity index is 335. The quantitative estimate of drug-likeness (QED) is 0.231. The first-order valence-electron chi connectivity index (χ1n) is 7.33. The van der Waals surface area contributed by atoms with E-state index >= 15 is 0 Å². The van der Waals surface area contributed by atoms with Crippen LogP contribution in [0.5, 0.6) is 0 Å². The molecule has 0 aromatic carbocycles. The Hall–Kier alpha value is 0.100. The van der Waals surface area contributed by atoms with Gasteiger partial charge in [0.05, 0.1) is 6.61 Å². The molecule has 0 saturated carbocycles. The molecule has 138 valence electrons. The molecule has 0 aliphatic rings. The molecule has 0 aliphatic heterocycles. The third-order valence-corrected chi connectivity index (χ3v) is 3.19. The summed E-state index contributed by atoms with van der Waals surface area (Å²) in [5.41, 5.74) is 0. The first-order valence-corrected chi connectivity index (χ1v) is 8.69. The van der Waals surface area contributed by atoms with Gasteiger partial charge in [-0.05, 0) is 6.42 Å². The Balaban J connectivity index is -0.000000268. The van der Waals surface area contributed by atoms with Gasteiger partial charge in [-0.25, -0.2) is 8.98 Å². The van der Waals surface area contributed by atoms with Crippen LogP contribution in [0.2, 0.25) is 0 Å². The molecule has 10 heteroatoms. The second-order valence-corrected chi connectivity index (χ2v) is 5.81. The maximum absolute atomic E-state index is 10.2. The third-order valence-electron chi connectivity index (χ3n) is 2.73. The van der Waals surface area contributed by atoms with Crippen LogP contribution in [0.3, 0.4) is 0 Å². The molecule has 0 amide bonds. The van der Waals surface area contributed by atoms with Crippen LogP contribution in [-0.2, 0) is 14.6 Å². The van der Waals surface area contributed by atoms with Gasteiger partial charge < -0.3 is 16.4 Å². The Morgan fingerprint density at radius 2 is 1.17 bits per heavy atom. The van der Waals surface area contributed by atoms with E-state index in [1.54, 1.807) is 0 Å². The first kappa shape index (κ1) is 30.9. The van der Waals surface area contributed by atoms with E-state index in [9.17, 15) is 8.42 Å². The minimum absolute atomic E-state index is 0. The van der Waals surface area contributed by atoms with E-state index in [-0.39, 0.29) is 42.3 Å². The number of carbonyl (C=O) groups is 1. The zero-order chi connectivity index (χ0) is 16.6. The van der Waals surface area contributed by atoms with Crippen LogP contribution in [0.1, 0.15) is 71.1 Å². The van der Waals surface area contributed by atoms with E-state index in [4.69, 9.17) is 19.6 Å². The molecule has 0 aromatic heterocycles. The fraction of sp³-hybridized carbons (Fsp3) is 0.923. The van der Waals surface area contributed by atoms with Gasteiger partial charge in [0.15, 0.2) is 0 Å². The van der Waals surface area contributed by atoms with Crippen molar-refractivity contribution >= 4 is 46.1 Å². The van der Waals surface area contributed by atoms with Crippen LogP contribution < -0.4 is 6.15 Å². The van der Waals surface area contributed by atoms with Gasteiger partial charge >= 0.3 is 46.1 Å². The summed E-state index contributed by atoms with van der Waals surface area (Å²) in [5, 5.41) is 13.9. The molecule has 0 fully saturated rings. The van der Waals surface area contributed by atoms with Gasteiger partial charge in [0.25, 0.3) is 0 Å². The Morgan fingerprint density at radius 1 is 0.870 bits per heavy atom. The van der Waals surface area contributed by atoms with Crippen LogP contribution in [0.25, 0.3) is 0 Å². The molecular formula is C13H32NNaO7S. The molecular weight excluding hydrogens is 337 g/mol. The summed E-state index contributed by atoms with van der Waals surface area (Å²) in [7, 11) is -4.23. The predicted octanol–water partition coefficient (Wildman–Crippen LogP) is 3.46. The number of rotatable bonds is 12. The normalized spacial score (nSPS) is 9.83. The van der Waals surface area contributed by atoms with E-state index in [2.05, 4.69) is 11.1 Å². The molecule has 0 spiro atoms. The van der Waals surface area contributed by atoms with E-state index in [1.165, 1.54) is 44.9 Å². The van der Waals surface area contributed by atoms with Crippen LogP contribution in [-0.4, -0.2) is 65.5 Å². The Kier molecular flexibility index (Phi) is 29.7. The van der Waals surface area contributed by atoms with Gasteiger partial charge in [-0.1, -0.05) is 64.7 Å². The van der Waals surface area contributed by atoms with Crippen molar-refractivity contribution in [2.45, 2.75) is 71.1 Å². The van der Waals surface area contributed by atoms with E-state index in [1.807, 2.05) is 0 Å². The molecule has 0 unspecified atom stereocenters. The average molecular weight is 369 g/mol. The van der Waals surface area contributed by atoms with E-state index in [0.29, 0.717) is 6.42 Å². The number of unbranched alkanes of at least 4 members (excludes halogenated alkanes) is 9. The monoisotopic (exact) mass is 369 g/mol. The van der Waals surface area contributed by atoms with Crippen molar-refractivity contribution in [3.05, 3.63) is 0 Å². The zero-order valence-corrected chi connectivity index (χ0v) is 14.2. The van der Waals surface area contributed by atoms with Gasteiger partial charge in [-0.15, -0.1) is 0 Å². The molecule has 0 aliphatic carbocycles. The minimum atomic E-state index is -4.23.